The number of rotatable bonds is 8. The minimum absolute atomic E-state index is 0.499. The van der Waals surface area contributed by atoms with Gasteiger partial charge in [0.25, 0.3) is 0 Å². The first-order valence-electron chi connectivity index (χ1n) is 5.28. The molecule has 3 heteroatoms. The average molecular weight is 204 g/mol. The zero-order valence-electron chi connectivity index (χ0n) is 9.18. The Balaban J connectivity index is 3.39. The van der Waals surface area contributed by atoms with Crippen molar-refractivity contribution >= 4 is 11.8 Å². The SMILES string of the molecule is CCCCCC(CSC(C)C)NN. The molecule has 0 heterocycles. The number of unbranched alkanes of at least 4 members (excludes halogenated alkanes) is 2. The maximum absolute atomic E-state index is 5.48. The fraction of sp³-hybridized carbons (Fsp3) is 1.00. The van der Waals surface area contributed by atoms with Gasteiger partial charge in [0, 0.05) is 11.8 Å². The minimum atomic E-state index is 0.499. The van der Waals surface area contributed by atoms with Crippen molar-refractivity contribution in [2.75, 3.05) is 5.75 Å². The van der Waals surface area contributed by atoms with Gasteiger partial charge in [-0.25, -0.2) is 0 Å². The number of thioether (sulfide) groups is 1. The third kappa shape index (κ3) is 8.60. The van der Waals surface area contributed by atoms with Crippen molar-refractivity contribution < 1.29 is 0 Å². The standard InChI is InChI=1S/C10H24N2S/c1-4-5-6-7-10(12-11)8-13-9(2)3/h9-10,12H,4-8,11H2,1-3H3. The second-order valence-electron chi connectivity index (χ2n) is 3.74. The maximum Gasteiger partial charge on any atom is 0.0301 e. The van der Waals surface area contributed by atoms with Gasteiger partial charge in [-0.05, 0) is 11.7 Å². The average Bonchev–Trinajstić information content (AvgIpc) is 2.10. The monoisotopic (exact) mass is 204 g/mol. The van der Waals surface area contributed by atoms with E-state index < -0.39 is 0 Å². The second kappa shape index (κ2) is 8.85. The largest absolute Gasteiger partial charge is 0.271 e. The highest BCUT2D eigenvalue weighted by Crippen LogP contribution is 2.13. The summed E-state index contributed by atoms with van der Waals surface area (Å²) in [7, 11) is 0. The normalized spacial score (nSPS) is 13.6. The van der Waals surface area contributed by atoms with Crippen LogP contribution in [-0.4, -0.2) is 17.0 Å². The summed E-state index contributed by atoms with van der Waals surface area (Å²) in [6, 6.07) is 0.499. The molecule has 1 unspecified atom stereocenters. The van der Waals surface area contributed by atoms with Gasteiger partial charge in [0.15, 0.2) is 0 Å². The van der Waals surface area contributed by atoms with Gasteiger partial charge in [-0.3, -0.25) is 11.3 Å². The third-order valence-electron chi connectivity index (χ3n) is 2.02. The van der Waals surface area contributed by atoms with E-state index in [1.54, 1.807) is 0 Å². The maximum atomic E-state index is 5.48. The van der Waals surface area contributed by atoms with Crippen LogP contribution in [0, 0.1) is 0 Å². The van der Waals surface area contributed by atoms with Crippen molar-refractivity contribution in [3.63, 3.8) is 0 Å². The highest BCUT2D eigenvalue weighted by atomic mass is 32.2. The van der Waals surface area contributed by atoms with Crippen LogP contribution in [0.5, 0.6) is 0 Å². The predicted octanol–water partition coefficient (Wildman–Crippen LogP) is 2.54. The van der Waals surface area contributed by atoms with Crippen LogP contribution in [0.3, 0.4) is 0 Å². The van der Waals surface area contributed by atoms with Crippen molar-refractivity contribution in [2.24, 2.45) is 5.84 Å². The summed E-state index contributed by atoms with van der Waals surface area (Å²) in [6.45, 7) is 6.68. The zero-order chi connectivity index (χ0) is 10.1. The Morgan fingerprint density at radius 2 is 2.00 bits per heavy atom. The lowest BCUT2D eigenvalue weighted by Crippen LogP contribution is -2.37. The molecule has 0 radical (unpaired) electrons. The molecular formula is C10H24N2S. The molecule has 80 valence electrons. The van der Waals surface area contributed by atoms with Crippen molar-refractivity contribution in [2.45, 2.75) is 57.7 Å². The Morgan fingerprint density at radius 1 is 1.31 bits per heavy atom. The lowest BCUT2D eigenvalue weighted by Gasteiger charge is -2.16. The Morgan fingerprint density at radius 3 is 2.46 bits per heavy atom. The molecule has 0 aromatic rings. The first-order valence-corrected chi connectivity index (χ1v) is 6.33. The molecule has 1 atom stereocenters. The van der Waals surface area contributed by atoms with Gasteiger partial charge in [-0.1, -0.05) is 40.0 Å². The topological polar surface area (TPSA) is 38.0 Å². The van der Waals surface area contributed by atoms with Gasteiger partial charge >= 0.3 is 0 Å². The molecule has 0 saturated heterocycles. The number of hydrogen-bond donors (Lipinski definition) is 2. The van der Waals surface area contributed by atoms with Crippen molar-refractivity contribution in [1.82, 2.24) is 5.43 Å². The van der Waals surface area contributed by atoms with Crippen LogP contribution in [0.15, 0.2) is 0 Å². The molecular weight excluding hydrogens is 180 g/mol. The summed E-state index contributed by atoms with van der Waals surface area (Å²) in [4.78, 5) is 0. The first kappa shape index (κ1) is 13.3. The van der Waals surface area contributed by atoms with Crippen LogP contribution in [0.2, 0.25) is 0 Å². The summed E-state index contributed by atoms with van der Waals surface area (Å²) in [5, 5.41) is 0.710. The molecule has 0 aliphatic carbocycles. The van der Waals surface area contributed by atoms with Gasteiger partial charge in [-0.15, -0.1) is 0 Å². The summed E-state index contributed by atoms with van der Waals surface area (Å²) in [6.07, 6.45) is 5.12. The van der Waals surface area contributed by atoms with E-state index in [1.165, 1.54) is 25.7 Å². The molecule has 0 rings (SSSR count). The fourth-order valence-electron chi connectivity index (χ4n) is 1.16. The molecule has 13 heavy (non-hydrogen) atoms. The van der Waals surface area contributed by atoms with E-state index in [0.29, 0.717) is 11.3 Å². The summed E-state index contributed by atoms with van der Waals surface area (Å²) in [5.74, 6) is 6.61. The van der Waals surface area contributed by atoms with E-state index in [4.69, 9.17) is 5.84 Å². The van der Waals surface area contributed by atoms with Gasteiger partial charge in [0.1, 0.15) is 0 Å². The number of hydrogen-bond acceptors (Lipinski definition) is 3. The van der Waals surface area contributed by atoms with E-state index in [9.17, 15) is 0 Å². The number of hydrazine groups is 1. The zero-order valence-corrected chi connectivity index (χ0v) is 9.99. The van der Waals surface area contributed by atoms with Crippen LogP contribution >= 0.6 is 11.8 Å². The van der Waals surface area contributed by atoms with Crippen LogP contribution < -0.4 is 11.3 Å². The molecule has 3 N–H and O–H groups in total. The highest BCUT2D eigenvalue weighted by Gasteiger charge is 2.06. The van der Waals surface area contributed by atoms with Crippen LogP contribution in [0.25, 0.3) is 0 Å². The lowest BCUT2D eigenvalue weighted by molar-refractivity contribution is 0.506. The second-order valence-corrected chi connectivity index (χ2v) is 5.35. The Hall–Kier alpha value is 0.270. The fourth-order valence-corrected chi connectivity index (χ4v) is 2.04. The summed E-state index contributed by atoms with van der Waals surface area (Å²) < 4.78 is 0. The molecule has 0 saturated carbocycles. The Labute approximate surface area is 87.0 Å². The molecule has 0 aromatic carbocycles. The van der Waals surface area contributed by atoms with Crippen molar-refractivity contribution in [1.29, 1.82) is 0 Å². The molecule has 0 spiro atoms. The quantitative estimate of drug-likeness (QED) is 0.362. The highest BCUT2D eigenvalue weighted by molar-refractivity contribution is 7.99. The van der Waals surface area contributed by atoms with Crippen LogP contribution in [-0.2, 0) is 0 Å². The summed E-state index contributed by atoms with van der Waals surface area (Å²) in [5.41, 5.74) is 2.90. The Kier molecular flexibility index (Phi) is 9.03. The molecule has 2 nitrogen and oxygen atoms in total. The minimum Gasteiger partial charge on any atom is -0.271 e. The van der Waals surface area contributed by atoms with E-state index >= 15 is 0 Å². The predicted molar refractivity (Wildman–Crippen MR) is 62.8 cm³/mol. The van der Waals surface area contributed by atoms with E-state index in [-0.39, 0.29) is 0 Å². The molecule has 0 fully saturated rings. The Bertz CT molecular complexity index is 107. The van der Waals surface area contributed by atoms with Crippen LogP contribution in [0.1, 0.15) is 46.5 Å². The molecule has 0 aliphatic heterocycles. The molecule has 0 bridgehead atoms. The number of nitrogens with one attached hydrogen (secondary N) is 1. The number of nitrogens with two attached hydrogens (primary N) is 1. The van der Waals surface area contributed by atoms with Gasteiger partial charge in [0.2, 0.25) is 0 Å². The third-order valence-corrected chi connectivity index (χ3v) is 3.28. The first-order chi connectivity index (χ1) is 6.20. The van der Waals surface area contributed by atoms with Gasteiger partial charge in [0.05, 0.1) is 0 Å². The summed E-state index contributed by atoms with van der Waals surface area (Å²) >= 11 is 1.98. The lowest BCUT2D eigenvalue weighted by atomic mass is 10.1. The van der Waals surface area contributed by atoms with Gasteiger partial charge in [-0.2, -0.15) is 11.8 Å². The van der Waals surface area contributed by atoms with Crippen molar-refractivity contribution in [3.8, 4) is 0 Å². The smallest absolute Gasteiger partial charge is 0.0301 e. The van der Waals surface area contributed by atoms with E-state index in [1.807, 2.05) is 11.8 Å². The van der Waals surface area contributed by atoms with E-state index in [0.717, 1.165) is 5.75 Å². The van der Waals surface area contributed by atoms with Crippen LogP contribution in [0.4, 0.5) is 0 Å². The molecule has 0 aliphatic rings. The van der Waals surface area contributed by atoms with Crippen molar-refractivity contribution in [3.05, 3.63) is 0 Å². The van der Waals surface area contributed by atoms with Gasteiger partial charge < -0.3 is 0 Å². The molecule has 0 aromatic heterocycles. The molecule has 0 amide bonds. The van der Waals surface area contributed by atoms with E-state index in [2.05, 4.69) is 26.2 Å².